The van der Waals surface area contributed by atoms with Crippen LogP contribution in [0.15, 0.2) is 77.0 Å². The van der Waals surface area contributed by atoms with E-state index in [0.29, 0.717) is 38.8 Å². The molecule has 1 aromatic carbocycles. The fraction of sp³-hybridized carbons (Fsp3) is 0.450. The molecular formula is C40H48CuN10O9S. The molecule has 4 heterocycles. The molecule has 1 fully saturated rings. The van der Waals surface area contributed by atoms with Crippen LogP contribution < -0.4 is 16.8 Å². The van der Waals surface area contributed by atoms with Gasteiger partial charge in [0, 0.05) is 56.3 Å². The Bertz CT molecular complexity index is 2630. The number of hydrogen-bond donors (Lipinski definition) is 2. The molecule has 1 radical (unpaired) electrons. The molecule has 0 saturated carbocycles. The van der Waals surface area contributed by atoms with Crippen molar-refractivity contribution in [3.8, 4) is 11.8 Å². The van der Waals surface area contributed by atoms with Crippen LogP contribution in [-0.2, 0) is 53.8 Å². The van der Waals surface area contributed by atoms with Gasteiger partial charge in [-0.05, 0) is 70.0 Å². The van der Waals surface area contributed by atoms with Crippen LogP contribution in [0, 0.1) is 16.6 Å². The van der Waals surface area contributed by atoms with Gasteiger partial charge >= 0.3 is 5.69 Å². The zero-order chi connectivity index (χ0) is 44.3. The van der Waals surface area contributed by atoms with Crippen LogP contribution in [0.3, 0.4) is 0 Å². The summed E-state index contributed by atoms with van der Waals surface area (Å²) in [6, 6.07) is 4.20. The molecular weight excluding hydrogens is 860 g/mol. The summed E-state index contributed by atoms with van der Waals surface area (Å²) in [5.41, 5.74) is -2.09. The maximum atomic E-state index is 13.1. The van der Waals surface area contributed by atoms with Gasteiger partial charge in [-0.15, -0.1) is 15.3 Å². The zero-order valence-corrected chi connectivity index (χ0v) is 36.7. The van der Waals surface area contributed by atoms with Crippen LogP contribution in [0.1, 0.15) is 87.9 Å². The number of carbonyl (C=O) groups excluding carboxylic acids is 4. The number of fused-ring (bicyclic) bond motifs is 2. The smallest absolute Gasteiger partial charge is 0.333 e. The van der Waals surface area contributed by atoms with Gasteiger partial charge in [0.15, 0.2) is 4.77 Å². The number of nitrogens with zero attached hydrogens (tertiary/aromatic N) is 10. The van der Waals surface area contributed by atoms with E-state index >= 15 is 0 Å². The molecule has 6 rings (SSSR count). The largest absolute Gasteiger partial charge is 0.493 e. The Hall–Kier alpha value is -5.92. The van der Waals surface area contributed by atoms with Crippen molar-refractivity contribution in [3.63, 3.8) is 0 Å². The number of azo groups is 2. The molecule has 3 aromatic rings. The maximum Gasteiger partial charge on any atom is 0.333 e. The minimum Gasteiger partial charge on any atom is -0.493 e. The van der Waals surface area contributed by atoms with Crippen molar-refractivity contribution in [1.82, 2.24) is 28.1 Å². The quantitative estimate of drug-likeness (QED) is 0.101. The molecule has 3 aliphatic rings. The molecule has 2 N–H and O–H groups in total. The van der Waals surface area contributed by atoms with Crippen molar-refractivity contribution in [2.45, 2.75) is 92.4 Å². The second kappa shape index (κ2) is 19.6. The van der Waals surface area contributed by atoms with E-state index < -0.39 is 52.0 Å². The van der Waals surface area contributed by atoms with Crippen molar-refractivity contribution in [2.24, 2.45) is 46.4 Å². The predicted octanol–water partition coefficient (Wildman–Crippen LogP) is 5.44. The van der Waals surface area contributed by atoms with Gasteiger partial charge < -0.3 is 10.2 Å². The summed E-state index contributed by atoms with van der Waals surface area (Å²) in [5, 5.41) is 36.5. The second-order valence-electron chi connectivity index (χ2n) is 14.2. The van der Waals surface area contributed by atoms with Crippen molar-refractivity contribution in [2.75, 3.05) is 0 Å². The van der Waals surface area contributed by atoms with Gasteiger partial charge in [0.2, 0.25) is 34.9 Å². The number of aromatic hydroxyl groups is 2. The monoisotopic (exact) mass is 907 g/mol. The first-order valence-corrected chi connectivity index (χ1v) is 20.1. The molecule has 2 unspecified atom stereocenters. The Labute approximate surface area is 365 Å². The van der Waals surface area contributed by atoms with Gasteiger partial charge in [0.1, 0.15) is 0 Å². The van der Waals surface area contributed by atoms with Crippen molar-refractivity contribution < 1.29 is 46.5 Å². The molecule has 2 aromatic heterocycles. The third-order valence-electron chi connectivity index (χ3n) is 11.0. The van der Waals surface area contributed by atoms with Gasteiger partial charge in [0.25, 0.3) is 22.9 Å². The minimum atomic E-state index is -0.831. The molecule has 61 heavy (non-hydrogen) atoms. The fourth-order valence-electron chi connectivity index (χ4n) is 7.50. The molecule has 19 nitrogen and oxygen atoms in total. The number of amides is 4. The Kier molecular flexibility index (Phi) is 15.4. The first-order valence-electron chi connectivity index (χ1n) is 19.7. The van der Waals surface area contributed by atoms with E-state index in [9.17, 15) is 43.8 Å². The summed E-state index contributed by atoms with van der Waals surface area (Å²) in [5.74, 6) is -3.84. The molecule has 1 saturated heterocycles. The van der Waals surface area contributed by atoms with Gasteiger partial charge in [-0.3, -0.25) is 56.8 Å². The van der Waals surface area contributed by atoms with E-state index in [4.69, 9.17) is 12.2 Å². The van der Waals surface area contributed by atoms with Crippen LogP contribution in [0.5, 0.6) is 11.8 Å². The number of carbonyl (C=O) groups is 4. The summed E-state index contributed by atoms with van der Waals surface area (Å²) in [6.07, 6.45) is 7.57. The zero-order valence-electron chi connectivity index (χ0n) is 35.0. The summed E-state index contributed by atoms with van der Waals surface area (Å²) >= 11 is 5.27. The van der Waals surface area contributed by atoms with E-state index in [1.165, 1.54) is 39.1 Å². The van der Waals surface area contributed by atoms with E-state index in [1.807, 2.05) is 27.7 Å². The van der Waals surface area contributed by atoms with Gasteiger partial charge in [-0.2, -0.15) is 5.11 Å². The minimum absolute atomic E-state index is 0. The van der Waals surface area contributed by atoms with E-state index in [0.717, 1.165) is 9.13 Å². The molecule has 1 aliphatic carbocycles. The van der Waals surface area contributed by atoms with Crippen molar-refractivity contribution in [1.29, 1.82) is 0 Å². The van der Waals surface area contributed by atoms with Gasteiger partial charge in [-0.1, -0.05) is 45.9 Å². The standard InChI is InChI=1S/C21H27N5O4S.C19H21N5O5.Cu/c1-5-12(6-2)26-17(27)13-10-9-11-14(15(13)18(26)28)22-23-16-19(29)24(7-3)21(31)25(8-4)20(16)30;1-5-10(6-2)24-15(25)11-8-7-9-12(13(11)16(24)26)20-21-14-17(27)22(3)19(29)23(4)18(14)28;/h9-13,15,29H,5-8H2,1-4H3;7-10,27H,5-6H2,1-4H3;. The third kappa shape index (κ3) is 8.41. The molecule has 0 spiro atoms. The Morgan fingerprint density at radius 1 is 0.689 bits per heavy atom. The third-order valence-corrected chi connectivity index (χ3v) is 11.4. The summed E-state index contributed by atoms with van der Waals surface area (Å²) in [4.78, 5) is 91.1. The Morgan fingerprint density at radius 2 is 1.26 bits per heavy atom. The molecule has 2 atom stereocenters. The summed E-state index contributed by atoms with van der Waals surface area (Å²) in [7, 11) is 2.53. The number of allylic oxidation sites excluding steroid dienone is 2. The number of aromatic nitrogens is 4. The first kappa shape index (κ1) is 47.8. The Morgan fingerprint density at radius 3 is 1.85 bits per heavy atom. The van der Waals surface area contributed by atoms with Gasteiger partial charge in [0.05, 0.1) is 34.3 Å². The first-order chi connectivity index (χ1) is 28.6. The normalized spacial score (nSPS) is 17.1. The number of rotatable bonds is 12. The fourth-order valence-corrected chi connectivity index (χ4v) is 7.93. The van der Waals surface area contributed by atoms with Gasteiger partial charge in [-0.25, -0.2) is 4.79 Å². The number of imide groups is 2. The van der Waals surface area contributed by atoms with Crippen LogP contribution in [0.2, 0.25) is 0 Å². The van der Waals surface area contributed by atoms with E-state index in [2.05, 4.69) is 20.5 Å². The van der Waals surface area contributed by atoms with Crippen LogP contribution >= 0.6 is 12.2 Å². The predicted molar refractivity (Wildman–Crippen MR) is 222 cm³/mol. The summed E-state index contributed by atoms with van der Waals surface area (Å²) in [6.45, 7) is 11.9. The molecule has 21 heteroatoms. The van der Waals surface area contributed by atoms with Crippen molar-refractivity contribution in [3.05, 3.63) is 89.2 Å². The van der Waals surface area contributed by atoms with Crippen molar-refractivity contribution >= 4 is 52.9 Å². The average molecular weight is 908 g/mol. The van der Waals surface area contributed by atoms with Crippen LogP contribution in [0.4, 0.5) is 17.1 Å². The van der Waals surface area contributed by atoms with Crippen LogP contribution in [0.25, 0.3) is 0 Å². The topological polar surface area (TPSA) is 236 Å². The van der Waals surface area contributed by atoms with Crippen LogP contribution in [-0.4, -0.2) is 74.0 Å². The molecule has 4 amide bonds. The number of hydrogen-bond acceptors (Lipinski definition) is 14. The van der Waals surface area contributed by atoms with E-state index in [-0.39, 0.29) is 79.8 Å². The molecule has 329 valence electrons. The Balaban J connectivity index is 0.000000265. The second-order valence-corrected chi connectivity index (χ2v) is 14.5. The number of benzene rings is 1. The molecule has 2 aliphatic heterocycles. The maximum absolute atomic E-state index is 13.1. The average Bonchev–Trinajstić information content (AvgIpc) is 3.65. The number of likely N-dealkylation sites (tertiary alicyclic amines) is 1. The SMILES string of the molecule is CCC(CC)N1C(=O)C2C=CC=C(N=Nc3c(O)n(CC)c(=S)n(CC)c3=O)C2C1=O.CCC(CC)N1C(=O)c2cccc(N=Nc3c(O)n(C)c(=O)n(C)c3=O)c2C1=O.[Cu]. The van der Waals surface area contributed by atoms with E-state index in [1.54, 1.807) is 44.2 Å². The molecule has 0 bridgehead atoms. The summed E-state index contributed by atoms with van der Waals surface area (Å²) < 4.78 is 4.56.